The Morgan fingerprint density at radius 2 is 1.82 bits per heavy atom. The van der Waals surface area contributed by atoms with E-state index < -0.39 is 11.6 Å². The summed E-state index contributed by atoms with van der Waals surface area (Å²) in [6.07, 6.45) is 1.48. The summed E-state index contributed by atoms with van der Waals surface area (Å²) in [5.74, 6) is -0.777. The molecule has 2 aromatic rings. The van der Waals surface area contributed by atoms with Crippen LogP contribution < -0.4 is 4.74 Å². The summed E-state index contributed by atoms with van der Waals surface area (Å²) < 4.78 is 32.5. The highest BCUT2D eigenvalue weighted by atomic mass is 79.9. The molecule has 0 aliphatic carbocycles. The molecule has 0 unspecified atom stereocenters. The van der Waals surface area contributed by atoms with Gasteiger partial charge >= 0.3 is 0 Å². The second kappa shape index (κ2) is 5.23. The summed E-state index contributed by atoms with van der Waals surface area (Å²) in [5.41, 5.74) is -0.0876. The van der Waals surface area contributed by atoms with E-state index in [1.54, 1.807) is 12.1 Å². The zero-order valence-electron chi connectivity index (χ0n) is 8.66. The highest BCUT2D eigenvalue weighted by Gasteiger charge is 2.08. The topological polar surface area (TPSA) is 22.1 Å². The van der Waals surface area contributed by atoms with E-state index >= 15 is 0 Å². The lowest BCUT2D eigenvalue weighted by molar-refractivity contribution is 0.291. The van der Waals surface area contributed by atoms with Crippen LogP contribution in [0.2, 0.25) is 0 Å². The molecule has 2 rings (SSSR count). The monoisotopic (exact) mass is 299 g/mol. The summed E-state index contributed by atoms with van der Waals surface area (Å²) in [6.45, 7) is -0.165. The van der Waals surface area contributed by atoms with E-state index in [4.69, 9.17) is 4.74 Å². The quantitative estimate of drug-likeness (QED) is 0.806. The van der Waals surface area contributed by atoms with Crippen molar-refractivity contribution in [2.45, 2.75) is 6.61 Å². The molecular formula is C12H8BrF2NO. The Morgan fingerprint density at radius 1 is 1.12 bits per heavy atom. The van der Waals surface area contributed by atoms with Gasteiger partial charge in [0.15, 0.2) is 0 Å². The molecule has 0 amide bonds. The summed E-state index contributed by atoms with van der Waals surface area (Å²) in [6, 6.07) is 7.06. The fraction of sp³-hybridized carbons (Fsp3) is 0.0833. The van der Waals surface area contributed by atoms with Gasteiger partial charge in [0, 0.05) is 0 Å². The molecule has 5 heteroatoms. The van der Waals surface area contributed by atoms with Crippen LogP contribution in [0.5, 0.6) is 5.75 Å². The SMILES string of the molecule is Fc1cccc(F)c1COc1ccc(Br)nc1. The van der Waals surface area contributed by atoms with Gasteiger partial charge in [0.2, 0.25) is 0 Å². The molecule has 0 saturated heterocycles. The Labute approximate surface area is 105 Å². The molecule has 0 atom stereocenters. The minimum atomic E-state index is -0.616. The highest BCUT2D eigenvalue weighted by molar-refractivity contribution is 9.10. The van der Waals surface area contributed by atoms with Crippen molar-refractivity contribution in [1.29, 1.82) is 0 Å². The minimum absolute atomic E-state index is 0.0876. The van der Waals surface area contributed by atoms with Gasteiger partial charge in [0.1, 0.15) is 28.6 Å². The van der Waals surface area contributed by atoms with E-state index in [2.05, 4.69) is 20.9 Å². The van der Waals surface area contributed by atoms with Crippen molar-refractivity contribution in [1.82, 2.24) is 4.98 Å². The molecule has 0 radical (unpaired) electrons. The number of hydrogen-bond acceptors (Lipinski definition) is 2. The van der Waals surface area contributed by atoms with Crippen LogP contribution in [0.4, 0.5) is 8.78 Å². The third-order valence-electron chi connectivity index (χ3n) is 2.15. The maximum Gasteiger partial charge on any atom is 0.138 e. The second-order valence-electron chi connectivity index (χ2n) is 3.31. The van der Waals surface area contributed by atoms with Crippen LogP contribution in [0.1, 0.15) is 5.56 Å². The molecule has 0 saturated carbocycles. The first kappa shape index (κ1) is 12.0. The van der Waals surface area contributed by atoms with Crippen molar-refractivity contribution in [2.75, 3.05) is 0 Å². The molecule has 2 nitrogen and oxygen atoms in total. The molecule has 1 aromatic heterocycles. The van der Waals surface area contributed by atoms with E-state index in [9.17, 15) is 8.78 Å². The molecule has 0 aliphatic rings. The molecule has 0 fully saturated rings. The maximum atomic E-state index is 13.3. The fourth-order valence-electron chi connectivity index (χ4n) is 1.27. The lowest BCUT2D eigenvalue weighted by Crippen LogP contribution is -2.01. The van der Waals surface area contributed by atoms with E-state index in [1.165, 1.54) is 24.4 Å². The third-order valence-corrected chi connectivity index (χ3v) is 2.61. The molecule has 17 heavy (non-hydrogen) atoms. The first-order valence-electron chi connectivity index (χ1n) is 4.84. The Kier molecular flexibility index (Phi) is 3.68. The zero-order valence-corrected chi connectivity index (χ0v) is 10.2. The summed E-state index contributed by atoms with van der Waals surface area (Å²) in [5, 5.41) is 0. The van der Waals surface area contributed by atoms with Crippen molar-refractivity contribution in [2.24, 2.45) is 0 Å². The second-order valence-corrected chi connectivity index (χ2v) is 4.12. The zero-order chi connectivity index (χ0) is 12.3. The van der Waals surface area contributed by atoms with Crippen LogP contribution in [-0.4, -0.2) is 4.98 Å². The standard InChI is InChI=1S/C12H8BrF2NO/c13-12-5-4-8(6-16-12)17-7-9-10(14)2-1-3-11(9)15/h1-6H,7H2. The van der Waals surface area contributed by atoms with Gasteiger partial charge in [-0.15, -0.1) is 0 Å². The highest BCUT2D eigenvalue weighted by Crippen LogP contribution is 2.17. The number of rotatable bonds is 3. The van der Waals surface area contributed by atoms with Crippen molar-refractivity contribution >= 4 is 15.9 Å². The third kappa shape index (κ3) is 3.00. The van der Waals surface area contributed by atoms with Crippen molar-refractivity contribution in [3.05, 3.63) is 58.3 Å². The predicted octanol–water partition coefficient (Wildman–Crippen LogP) is 3.70. The number of halogens is 3. The normalized spacial score (nSPS) is 10.3. The fourth-order valence-corrected chi connectivity index (χ4v) is 1.51. The van der Waals surface area contributed by atoms with E-state index in [1.807, 2.05) is 0 Å². The molecule has 0 N–H and O–H groups in total. The van der Waals surface area contributed by atoms with Crippen LogP contribution in [-0.2, 0) is 6.61 Å². The Bertz CT molecular complexity index is 496. The number of nitrogens with zero attached hydrogens (tertiary/aromatic N) is 1. The predicted molar refractivity (Wildman–Crippen MR) is 62.6 cm³/mol. The molecule has 1 heterocycles. The lowest BCUT2D eigenvalue weighted by atomic mass is 10.2. The van der Waals surface area contributed by atoms with Gasteiger partial charge < -0.3 is 4.74 Å². The molecule has 1 aromatic carbocycles. The van der Waals surface area contributed by atoms with Crippen LogP contribution in [0.15, 0.2) is 41.1 Å². The van der Waals surface area contributed by atoms with E-state index in [-0.39, 0.29) is 12.2 Å². The molecule has 0 bridgehead atoms. The Balaban J connectivity index is 2.10. The van der Waals surface area contributed by atoms with E-state index in [0.717, 1.165) is 0 Å². The van der Waals surface area contributed by atoms with Crippen molar-refractivity contribution in [3.63, 3.8) is 0 Å². The maximum absolute atomic E-state index is 13.3. The average Bonchev–Trinajstić information content (AvgIpc) is 2.31. The van der Waals surface area contributed by atoms with Gasteiger partial charge in [0.25, 0.3) is 0 Å². The van der Waals surface area contributed by atoms with E-state index in [0.29, 0.717) is 10.4 Å². The van der Waals surface area contributed by atoms with Gasteiger partial charge in [-0.1, -0.05) is 6.07 Å². The summed E-state index contributed by atoms with van der Waals surface area (Å²) in [7, 11) is 0. The lowest BCUT2D eigenvalue weighted by Gasteiger charge is -2.07. The smallest absolute Gasteiger partial charge is 0.138 e. The van der Waals surface area contributed by atoms with Gasteiger partial charge in [-0.25, -0.2) is 13.8 Å². The van der Waals surface area contributed by atoms with Gasteiger partial charge in [-0.05, 0) is 40.2 Å². The summed E-state index contributed by atoms with van der Waals surface area (Å²) in [4.78, 5) is 3.94. The number of hydrogen-bond donors (Lipinski definition) is 0. The van der Waals surface area contributed by atoms with Gasteiger partial charge in [0.05, 0.1) is 11.8 Å². The number of ether oxygens (including phenoxy) is 1. The van der Waals surface area contributed by atoms with Crippen molar-refractivity contribution < 1.29 is 13.5 Å². The summed E-state index contributed by atoms with van der Waals surface area (Å²) >= 11 is 3.18. The molecule has 0 spiro atoms. The molecule has 0 aliphatic heterocycles. The van der Waals surface area contributed by atoms with Crippen LogP contribution in [0.25, 0.3) is 0 Å². The van der Waals surface area contributed by atoms with Crippen molar-refractivity contribution in [3.8, 4) is 5.75 Å². The van der Waals surface area contributed by atoms with Gasteiger partial charge in [-0.2, -0.15) is 0 Å². The van der Waals surface area contributed by atoms with Crippen LogP contribution in [0.3, 0.4) is 0 Å². The number of aromatic nitrogens is 1. The van der Waals surface area contributed by atoms with Gasteiger partial charge in [-0.3, -0.25) is 0 Å². The number of pyridine rings is 1. The Morgan fingerprint density at radius 3 is 2.41 bits per heavy atom. The van der Waals surface area contributed by atoms with Crippen LogP contribution in [0, 0.1) is 11.6 Å². The first-order chi connectivity index (χ1) is 8.16. The number of benzene rings is 1. The van der Waals surface area contributed by atoms with Crippen LogP contribution >= 0.6 is 15.9 Å². The Hall–Kier alpha value is -1.49. The largest absolute Gasteiger partial charge is 0.487 e. The minimum Gasteiger partial charge on any atom is -0.487 e. The molecular weight excluding hydrogens is 292 g/mol. The molecule has 88 valence electrons. The first-order valence-corrected chi connectivity index (χ1v) is 5.63. The average molecular weight is 300 g/mol.